The van der Waals surface area contributed by atoms with Gasteiger partial charge in [-0.3, -0.25) is 14.4 Å². The molecule has 1 aliphatic carbocycles. The molecule has 0 radical (unpaired) electrons. The molecule has 0 spiro atoms. The van der Waals surface area contributed by atoms with Crippen LogP contribution in [0.15, 0.2) is 48.0 Å². The smallest absolute Gasteiger partial charge is 0.260 e. The van der Waals surface area contributed by atoms with Crippen molar-refractivity contribution >= 4 is 23.5 Å². The molecule has 4 rings (SSSR count). The first-order valence-corrected chi connectivity index (χ1v) is 10.2. The van der Waals surface area contributed by atoms with Crippen LogP contribution >= 0.6 is 0 Å². The maximum Gasteiger partial charge on any atom is 0.260 e. The Morgan fingerprint density at radius 3 is 2.27 bits per heavy atom. The van der Waals surface area contributed by atoms with Gasteiger partial charge in [0, 0.05) is 24.2 Å². The molecule has 0 saturated carbocycles. The van der Waals surface area contributed by atoms with Gasteiger partial charge < -0.3 is 14.4 Å². The summed E-state index contributed by atoms with van der Waals surface area (Å²) in [6.07, 6.45) is 3.63. The van der Waals surface area contributed by atoms with Crippen LogP contribution in [0.1, 0.15) is 46.0 Å². The lowest BCUT2D eigenvalue weighted by atomic mass is 10.1. The number of allylic oxidation sites excluding steroid dienone is 1. The topological polar surface area (TPSA) is 72.9 Å². The van der Waals surface area contributed by atoms with Crippen molar-refractivity contribution in [1.29, 1.82) is 0 Å². The Kier molecular flexibility index (Phi) is 5.65. The second kappa shape index (κ2) is 8.53. The lowest BCUT2D eigenvalue weighted by molar-refractivity contribution is -0.132. The molecule has 1 fully saturated rings. The zero-order valence-electron chi connectivity index (χ0n) is 16.8. The normalized spacial score (nSPS) is 15.4. The summed E-state index contributed by atoms with van der Waals surface area (Å²) in [5, 5.41) is 0. The summed E-state index contributed by atoms with van der Waals surface area (Å²) in [5.41, 5.74) is 1.65. The minimum absolute atomic E-state index is 0.0407. The number of benzene rings is 2. The van der Waals surface area contributed by atoms with Gasteiger partial charge in [-0.15, -0.1) is 0 Å². The SMILES string of the molecule is CCOc1cc(C=C2C(=O)c3ccccc3C2=O)ccc1OCC(=O)N1CCCC1. The molecule has 1 amide bonds. The number of rotatable bonds is 6. The second-order valence-electron chi connectivity index (χ2n) is 7.28. The maximum atomic E-state index is 12.6. The maximum absolute atomic E-state index is 12.6. The zero-order chi connectivity index (χ0) is 21.1. The molecule has 2 aromatic carbocycles. The van der Waals surface area contributed by atoms with Crippen molar-refractivity contribution in [3.63, 3.8) is 0 Å². The molecule has 0 unspecified atom stereocenters. The van der Waals surface area contributed by atoms with Crippen LogP contribution in [0, 0.1) is 0 Å². The highest BCUT2D eigenvalue weighted by Crippen LogP contribution is 2.32. The molecular weight excluding hydrogens is 382 g/mol. The molecule has 0 atom stereocenters. The van der Waals surface area contributed by atoms with Crippen molar-refractivity contribution in [2.24, 2.45) is 0 Å². The van der Waals surface area contributed by atoms with E-state index in [0.717, 1.165) is 25.9 Å². The van der Waals surface area contributed by atoms with Gasteiger partial charge >= 0.3 is 0 Å². The minimum Gasteiger partial charge on any atom is -0.490 e. The largest absolute Gasteiger partial charge is 0.490 e. The fraction of sp³-hybridized carbons (Fsp3) is 0.292. The molecule has 0 bridgehead atoms. The quantitative estimate of drug-likeness (QED) is 0.543. The summed E-state index contributed by atoms with van der Waals surface area (Å²) in [6, 6.07) is 12.0. The van der Waals surface area contributed by atoms with E-state index in [0.29, 0.717) is 34.8 Å². The van der Waals surface area contributed by atoms with E-state index in [4.69, 9.17) is 9.47 Å². The molecule has 2 aliphatic rings. The predicted octanol–water partition coefficient (Wildman–Crippen LogP) is 3.55. The molecule has 1 aliphatic heterocycles. The summed E-state index contributed by atoms with van der Waals surface area (Å²) in [5.74, 6) is 0.339. The van der Waals surface area contributed by atoms with E-state index in [1.54, 1.807) is 53.4 Å². The van der Waals surface area contributed by atoms with E-state index in [1.807, 2.05) is 6.92 Å². The van der Waals surface area contributed by atoms with E-state index in [9.17, 15) is 14.4 Å². The molecule has 30 heavy (non-hydrogen) atoms. The van der Waals surface area contributed by atoms with Crippen LogP contribution in [0.25, 0.3) is 6.08 Å². The highest BCUT2D eigenvalue weighted by Gasteiger charge is 2.32. The molecule has 1 saturated heterocycles. The molecule has 0 N–H and O–H groups in total. The Bertz CT molecular complexity index is 997. The van der Waals surface area contributed by atoms with Crippen molar-refractivity contribution in [2.75, 3.05) is 26.3 Å². The first kappa shape index (κ1) is 19.9. The van der Waals surface area contributed by atoms with Crippen LogP contribution in [-0.4, -0.2) is 48.7 Å². The number of carbonyl (C=O) groups is 3. The first-order valence-electron chi connectivity index (χ1n) is 10.2. The Morgan fingerprint density at radius 1 is 0.967 bits per heavy atom. The van der Waals surface area contributed by atoms with Crippen molar-refractivity contribution in [2.45, 2.75) is 19.8 Å². The van der Waals surface area contributed by atoms with Gasteiger partial charge in [0.1, 0.15) is 0 Å². The van der Waals surface area contributed by atoms with E-state index < -0.39 is 0 Å². The Hall–Kier alpha value is -3.41. The minimum atomic E-state index is -0.273. The van der Waals surface area contributed by atoms with Crippen LogP contribution in [0.3, 0.4) is 0 Å². The van der Waals surface area contributed by atoms with Gasteiger partial charge in [0.05, 0.1) is 12.2 Å². The van der Waals surface area contributed by atoms with Gasteiger partial charge in [0.25, 0.3) is 5.91 Å². The summed E-state index contributed by atoms with van der Waals surface area (Å²) in [4.78, 5) is 39.3. The van der Waals surface area contributed by atoms with Gasteiger partial charge in [-0.25, -0.2) is 0 Å². The third kappa shape index (κ3) is 3.85. The molecule has 0 aromatic heterocycles. The molecule has 6 heteroatoms. The molecule has 1 heterocycles. The lowest BCUT2D eigenvalue weighted by Crippen LogP contribution is -2.32. The van der Waals surface area contributed by atoms with Gasteiger partial charge in [-0.1, -0.05) is 30.3 Å². The number of likely N-dealkylation sites (tertiary alicyclic amines) is 1. The van der Waals surface area contributed by atoms with Crippen LogP contribution < -0.4 is 9.47 Å². The van der Waals surface area contributed by atoms with E-state index in [-0.39, 0.29) is 29.7 Å². The molecule has 2 aromatic rings. The van der Waals surface area contributed by atoms with E-state index in [2.05, 4.69) is 0 Å². The number of Topliss-reactive ketones (excluding diaryl/α,β-unsaturated/α-hetero) is 2. The Labute approximate surface area is 175 Å². The number of amides is 1. The average molecular weight is 405 g/mol. The predicted molar refractivity (Wildman–Crippen MR) is 112 cm³/mol. The van der Waals surface area contributed by atoms with Crippen LogP contribution in [0.4, 0.5) is 0 Å². The first-order chi connectivity index (χ1) is 14.6. The van der Waals surface area contributed by atoms with Gasteiger partial charge in [-0.05, 0) is 43.5 Å². The van der Waals surface area contributed by atoms with Gasteiger partial charge in [-0.2, -0.15) is 0 Å². The van der Waals surface area contributed by atoms with Crippen LogP contribution in [-0.2, 0) is 4.79 Å². The Balaban J connectivity index is 1.54. The third-order valence-electron chi connectivity index (χ3n) is 5.29. The summed E-state index contributed by atoms with van der Waals surface area (Å²) in [7, 11) is 0. The van der Waals surface area contributed by atoms with Crippen molar-refractivity contribution < 1.29 is 23.9 Å². The second-order valence-corrected chi connectivity index (χ2v) is 7.28. The summed E-state index contributed by atoms with van der Waals surface area (Å²) < 4.78 is 11.4. The highest BCUT2D eigenvalue weighted by atomic mass is 16.5. The zero-order valence-corrected chi connectivity index (χ0v) is 16.8. The standard InChI is InChI=1S/C24H23NO5/c1-2-29-21-14-16(9-10-20(21)30-15-22(26)25-11-5-6-12-25)13-19-23(27)17-7-3-4-8-18(17)24(19)28/h3-4,7-10,13-14H,2,5-6,11-12,15H2,1H3. The lowest BCUT2D eigenvalue weighted by Gasteiger charge is -2.17. The molecular formula is C24H23NO5. The van der Waals surface area contributed by atoms with E-state index in [1.165, 1.54) is 0 Å². The number of nitrogens with zero attached hydrogens (tertiary/aromatic N) is 1. The van der Waals surface area contributed by atoms with Crippen LogP contribution in [0.5, 0.6) is 11.5 Å². The molecule has 6 nitrogen and oxygen atoms in total. The highest BCUT2D eigenvalue weighted by molar-refractivity contribution is 6.41. The van der Waals surface area contributed by atoms with Gasteiger partial charge in [0.15, 0.2) is 29.7 Å². The van der Waals surface area contributed by atoms with Gasteiger partial charge in [0.2, 0.25) is 0 Å². The number of hydrogen-bond donors (Lipinski definition) is 0. The summed E-state index contributed by atoms with van der Waals surface area (Å²) >= 11 is 0. The molecule has 154 valence electrons. The fourth-order valence-corrected chi connectivity index (χ4v) is 3.77. The number of carbonyl (C=O) groups excluding carboxylic acids is 3. The third-order valence-corrected chi connectivity index (χ3v) is 5.29. The van der Waals surface area contributed by atoms with Crippen molar-refractivity contribution in [1.82, 2.24) is 4.90 Å². The Morgan fingerprint density at radius 2 is 1.63 bits per heavy atom. The number of hydrogen-bond acceptors (Lipinski definition) is 5. The fourth-order valence-electron chi connectivity index (χ4n) is 3.77. The summed E-state index contributed by atoms with van der Waals surface area (Å²) in [6.45, 7) is 3.77. The van der Waals surface area contributed by atoms with Crippen molar-refractivity contribution in [3.8, 4) is 11.5 Å². The van der Waals surface area contributed by atoms with Crippen molar-refractivity contribution in [3.05, 3.63) is 64.7 Å². The number of ether oxygens (including phenoxy) is 2. The number of fused-ring (bicyclic) bond motifs is 1. The monoisotopic (exact) mass is 405 g/mol. The number of ketones is 2. The van der Waals surface area contributed by atoms with Crippen LogP contribution in [0.2, 0.25) is 0 Å². The average Bonchev–Trinajstić information content (AvgIpc) is 3.38. The van der Waals surface area contributed by atoms with E-state index >= 15 is 0 Å².